The summed E-state index contributed by atoms with van der Waals surface area (Å²) in [7, 11) is 1.50. The minimum atomic E-state index is -1.02. The minimum absolute atomic E-state index is 0.152. The first kappa shape index (κ1) is 11.2. The quantitative estimate of drug-likeness (QED) is 0.877. The minimum Gasteiger partial charge on any atom is -0.496 e. The molecular formula is C11H11ClO4. The summed E-state index contributed by atoms with van der Waals surface area (Å²) in [5, 5.41) is 9.76. The third kappa shape index (κ3) is 1.54. The van der Waals surface area contributed by atoms with Gasteiger partial charge in [0, 0.05) is 10.6 Å². The molecule has 1 heterocycles. The van der Waals surface area contributed by atoms with Crippen LogP contribution in [-0.2, 0) is 14.9 Å². The SMILES string of the molecule is COc1ccc(Cl)cc1C1(C(=O)O)COC1. The zero-order valence-corrected chi connectivity index (χ0v) is 9.45. The lowest BCUT2D eigenvalue weighted by molar-refractivity contribution is -0.163. The van der Waals surface area contributed by atoms with Crippen LogP contribution in [0, 0.1) is 0 Å². The topological polar surface area (TPSA) is 55.8 Å². The van der Waals surface area contributed by atoms with Crippen molar-refractivity contribution in [3.8, 4) is 5.75 Å². The predicted molar refractivity (Wildman–Crippen MR) is 58.1 cm³/mol. The van der Waals surface area contributed by atoms with Crippen LogP contribution in [0.1, 0.15) is 5.56 Å². The normalized spacial score (nSPS) is 17.6. The molecule has 0 saturated carbocycles. The average Bonchev–Trinajstić information content (AvgIpc) is 2.15. The lowest BCUT2D eigenvalue weighted by atomic mass is 9.78. The number of rotatable bonds is 3. The fourth-order valence-corrected chi connectivity index (χ4v) is 1.93. The van der Waals surface area contributed by atoms with Crippen LogP contribution in [0.2, 0.25) is 5.02 Å². The Kier molecular flexibility index (Phi) is 2.78. The molecule has 1 aromatic carbocycles. The molecule has 0 aromatic heterocycles. The monoisotopic (exact) mass is 242 g/mol. The number of carboxylic acid groups (broad SMARTS) is 1. The number of carbonyl (C=O) groups is 1. The Hall–Kier alpha value is -1.26. The van der Waals surface area contributed by atoms with E-state index in [9.17, 15) is 9.90 Å². The highest BCUT2D eigenvalue weighted by Crippen LogP contribution is 2.39. The number of carboxylic acids is 1. The van der Waals surface area contributed by atoms with E-state index in [-0.39, 0.29) is 13.2 Å². The van der Waals surface area contributed by atoms with Gasteiger partial charge in [-0.05, 0) is 18.2 Å². The van der Waals surface area contributed by atoms with E-state index in [0.29, 0.717) is 16.3 Å². The van der Waals surface area contributed by atoms with E-state index in [1.54, 1.807) is 18.2 Å². The maximum atomic E-state index is 11.3. The van der Waals surface area contributed by atoms with Crippen LogP contribution >= 0.6 is 11.6 Å². The van der Waals surface area contributed by atoms with Crippen LogP contribution < -0.4 is 4.74 Å². The zero-order chi connectivity index (χ0) is 11.8. The van der Waals surface area contributed by atoms with Gasteiger partial charge in [0.05, 0.1) is 20.3 Å². The van der Waals surface area contributed by atoms with Crippen LogP contribution in [0.4, 0.5) is 0 Å². The highest BCUT2D eigenvalue weighted by Gasteiger charge is 2.49. The number of benzene rings is 1. The Morgan fingerprint density at radius 2 is 2.25 bits per heavy atom. The largest absolute Gasteiger partial charge is 0.496 e. The maximum Gasteiger partial charge on any atom is 0.319 e. The second-order valence-corrected chi connectivity index (χ2v) is 4.16. The number of hydrogen-bond acceptors (Lipinski definition) is 3. The number of methoxy groups -OCH3 is 1. The summed E-state index contributed by atoms with van der Waals surface area (Å²) in [6.45, 7) is 0.304. The molecule has 1 N–H and O–H groups in total. The predicted octanol–water partition coefficient (Wildman–Crippen LogP) is 1.70. The zero-order valence-electron chi connectivity index (χ0n) is 8.70. The van der Waals surface area contributed by atoms with Crippen molar-refractivity contribution < 1.29 is 19.4 Å². The van der Waals surface area contributed by atoms with E-state index >= 15 is 0 Å². The Morgan fingerprint density at radius 3 is 2.69 bits per heavy atom. The van der Waals surface area contributed by atoms with E-state index in [2.05, 4.69) is 0 Å². The number of halogens is 1. The molecular weight excluding hydrogens is 232 g/mol. The molecule has 2 rings (SSSR count). The van der Waals surface area contributed by atoms with Gasteiger partial charge in [0.15, 0.2) is 0 Å². The summed E-state index contributed by atoms with van der Waals surface area (Å²) in [5.74, 6) is -0.394. The fourth-order valence-electron chi connectivity index (χ4n) is 1.75. The molecule has 0 radical (unpaired) electrons. The molecule has 0 atom stereocenters. The van der Waals surface area contributed by atoms with Gasteiger partial charge in [-0.2, -0.15) is 0 Å². The fraction of sp³-hybridized carbons (Fsp3) is 0.364. The van der Waals surface area contributed by atoms with Crippen LogP contribution in [0.3, 0.4) is 0 Å². The molecule has 1 saturated heterocycles. The Labute approximate surface area is 97.7 Å². The summed E-state index contributed by atoms with van der Waals surface area (Å²) in [6, 6.07) is 4.96. The van der Waals surface area contributed by atoms with Crippen LogP contribution in [0.15, 0.2) is 18.2 Å². The molecule has 16 heavy (non-hydrogen) atoms. The lowest BCUT2D eigenvalue weighted by Gasteiger charge is -2.38. The van der Waals surface area contributed by atoms with Gasteiger partial charge in [-0.1, -0.05) is 11.6 Å². The van der Waals surface area contributed by atoms with Crippen molar-refractivity contribution in [3.63, 3.8) is 0 Å². The summed E-state index contributed by atoms with van der Waals surface area (Å²) in [6.07, 6.45) is 0. The highest BCUT2D eigenvalue weighted by molar-refractivity contribution is 6.30. The molecule has 1 aromatic rings. The van der Waals surface area contributed by atoms with E-state index in [1.807, 2.05) is 0 Å². The van der Waals surface area contributed by atoms with Crippen molar-refractivity contribution in [1.29, 1.82) is 0 Å². The van der Waals surface area contributed by atoms with Gasteiger partial charge in [0.2, 0.25) is 0 Å². The third-order valence-electron chi connectivity index (χ3n) is 2.78. The first-order valence-electron chi connectivity index (χ1n) is 4.75. The molecule has 0 aliphatic carbocycles. The van der Waals surface area contributed by atoms with Gasteiger partial charge in [-0.3, -0.25) is 4.79 Å². The number of ether oxygens (including phenoxy) is 2. The van der Waals surface area contributed by atoms with E-state index in [4.69, 9.17) is 21.1 Å². The van der Waals surface area contributed by atoms with Gasteiger partial charge in [-0.25, -0.2) is 0 Å². The van der Waals surface area contributed by atoms with E-state index < -0.39 is 11.4 Å². The molecule has 0 spiro atoms. The molecule has 0 unspecified atom stereocenters. The standard InChI is InChI=1S/C11H11ClO4/c1-15-9-3-2-7(12)4-8(9)11(10(13)14)5-16-6-11/h2-4H,5-6H2,1H3,(H,13,14). The summed E-state index contributed by atoms with van der Waals surface area (Å²) in [5.41, 5.74) is -0.447. The summed E-state index contributed by atoms with van der Waals surface area (Å²) < 4.78 is 10.2. The van der Waals surface area contributed by atoms with Gasteiger partial charge >= 0.3 is 5.97 Å². The van der Waals surface area contributed by atoms with Crippen LogP contribution in [0.25, 0.3) is 0 Å². The average molecular weight is 243 g/mol. The molecule has 1 fully saturated rings. The Morgan fingerprint density at radius 1 is 1.56 bits per heavy atom. The van der Waals surface area contributed by atoms with Crippen molar-refractivity contribution in [1.82, 2.24) is 0 Å². The van der Waals surface area contributed by atoms with Crippen LogP contribution in [0.5, 0.6) is 5.75 Å². The first-order chi connectivity index (χ1) is 7.60. The van der Waals surface area contributed by atoms with E-state index in [0.717, 1.165) is 0 Å². The summed E-state index contributed by atoms with van der Waals surface area (Å²) in [4.78, 5) is 11.3. The number of aliphatic carboxylic acids is 1. The van der Waals surface area contributed by atoms with Crippen molar-refractivity contribution in [3.05, 3.63) is 28.8 Å². The third-order valence-corrected chi connectivity index (χ3v) is 3.02. The van der Waals surface area contributed by atoms with Gasteiger partial charge < -0.3 is 14.6 Å². The molecule has 5 heteroatoms. The van der Waals surface area contributed by atoms with Crippen molar-refractivity contribution in [2.24, 2.45) is 0 Å². The molecule has 0 bridgehead atoms. The first-order valence-corrected chi connectivity index (χ1v) is 5.13. The maximum absolute atomic E-state index is 11.3. The van der Waals surface area contributed by atoms with Gasteiger partial charge in [0.1, 0.15) is 11.2 Å². The van der Waals surface area contributed by atoms with Crippen molar-refractivity contribution >= 4 is 17.6 Å². The van der Waals surface area contributed by atoms with Crippen LogP contribution in [-0.4, -0.2) is 31.4 Å². The molecule has 1 aliphatic rings. The summed E-state index contributed by atoms with van der Waals surface area (Å²) >= 11 is 5.88. The molecule has 0 amide bonds. The van der Waals surface area contributed by atoms with Gasteiger partial charge in [0.25, 0.3) is 0 Å². The lowest BCUT2D eigenvalue weighted by Crippen LogP contribution is -2.53. The molecule has 1 aliphatic heterocycles. The number of hydrogen-bond donors (Lipinski definition) is 1. The van der Waals surface area contributed by atoms with Crippen molar-refractivity contribution in [2.75, 3.05) is 20.3 Å². The molecule has 4 nitrogen and oxygen atoms in total. The van der Waals surface area contributed by atoms with Crippen molar-refractivity contribution in [2.45, 2.75) is 5.41 Å². The smallest absolute Gasteiger partial charge is 0.319 e. The Bertz CT molecular complexity index is 426. The second kappa shape index (κ2) is 3.96. The Balaban J connectivity index is 2.52. The second-order valence-electron chi connectivity index (χ2n) is 3.72. The highest BCUT2D eigenvalue weighted by atomic mass is 35.5. The van der Waals surface area contributed by atoms with E-state index in [1.165, 1.54) is 7.11 Å². The molecule has 86 valence electrons. The van der Waals surface area contributed by atoms with Gasteiger partial charge in [-0.15, -0.1) is 0 Å².